The zero-order valence-corrected chi connectivity index (χ0v) is 20.8. The van der Waals surface area contributed by atoms with Gasteiger partial charge < -0.3 is 5.11 Å². The van der Waals surface area contributed by atoms with Gasteiger partial charge >= 0.3 is 0 Å². The molecule has 1 aromatic heterocycles. The summed E-state index contributed by atoms with van der Waals surface area (Å²) in [5.41, 5.74) is 0.410. The van der Waals surface area contributed by atoms with Crippen LogP contribution in [0.5, 0.6) is 0 Å². The Balaban J connectivity index is 1.96. The zero-order valence-electron chi connectivity index (χ0n) is 17.6. The number of rotatable bonds is 5. The summed E-state index contributed by atoms with van der Waals surface area (Å²) in [6.45, 7) is 3.04. The Labute approximate surface area is 197 Å². The molecule has 1 saturated carbocycles. The van der Waals surface area contributed by atoms with Crippen molar-refractivity contribution in [2.75, 3.05) is 17.1 Å². The van der Waals surface area contributed by atoms with E-state index in [4.69, 9.17) is 23.2 Å². The van der Waals surface area contributed by atoms with Gasteiger partial charge in [0.1, 0.15) is 10.6 Å². The van der Waals surface area contributed by atoms with Gasteiger partial charge in [-0.1, -0.05) is 35.3 Å². The number of halogens is 2. The summed E-state index contributed by atoms with van der Waals surface area (Å²) in [5, 5.41) is 10.8. The second kappa shape index (κ2) is 7.62. The van der Waals surface area contributed by atoms with E-state index in [-0.39, 0.29) is 38.7 Å². The minimum Gasteiger partial charge on any atom is -0.504 e. The molecule has 1 fully saturated rings. The Morgan fingerprint density at radius 3 is 2.50 bits per heavy atom. The fourth-order valence-corrected chi connectivity index (χ4v) is 8.10. The molecule has 4 rings (SSSR count). The van der Waals surface area contributed by atoms with E-state index in [1.807, 2.05) is 0 Å². The molecule has 0 unspecified atom stereocenters. The van der Waals surface area contributed by atoms with Gasteiger partial charge in [0.05, 0.1) is 26.2 Å². The Hall–Kier alpha value is -1.81. The van der Waals surface area contributed by atoms with Crippen molar-refractivity contribution in [3.63, 3.8) is 0 Å². The molecule has 1 N–H and O–H groups in total. The SMILES string of the molecule is CN(c1c(Cl)ccc(C2=C(O)c3ncccc3C(C)(C)S2(=O)=O)c1Cl)S(=O)(=O)CC1CC1. The van der Waals surface area contributed by atoms with E-state index in [0.717, 1.165) is 17.1 Å². The van der Waals surface area contributed by atoms with Crippen molar-refractivity contribution in [1.29, 1.82) is 0 Å². The molecule has 11 heteroatoms. The van der Waals surface area contributed by atoms with Gasteiger partial charge in [-0.15, -0.1) is 0 Å². The lowest BCUT2D eigenvalue weighted by atomic mass is 9.98. The number of aliphatic hydroxyl groups excluding tert-OH is 1. The normalized spacial score (nSPS) is 19.5. The van der Waals surface area contributed by atoms with Gasteiger partial charge in [-0.05, 0) is 44.7 Å². The van der Waals surface area contributed by atoms with Crippen LogP contribution in [0.25, 0.3) is 10.7 Å². The number of hydrogen-bond donors (Lipinski definition) is 1. The standard InChI is InChI=1S/C21H22Cl2N2O5S2/c1-21(2)14-5-4-10-24-17(14)19(26)20(32(21,29)30)13-8-9-15(22)18(16(13)23)25(3)31(27,28)11-12-6-7-12/h4-5,8-10,12,26H,6-7,11H2,1-3H3. The molecule has 0 bridgehead atoms. The quantitative estimate of drug-likeness (QED) is 0.621. The maximum atomic E-state index is 13.6. The second-order valence-corrected chi connectivity index (χ2v) is 13.8. The molecule has 0 amide bonds. The number of sulfone groups is 1. The molecule has 7 nitrogen and oxygen atoms in total. The van der Waals surface area contributed by atoms with Gasteiger partial charge in [0.25, 0.3) is 0 Å². The number of hydrogen-bond acceptors (Lipinski definition) is 6. The van der Waals surface area contributed by atoms with Crippen LogP contribution in [-0.4, -0.2) is 39.7 Å². The van der Waals surface area contributed by atoms with E-state index >= 15 is 0 Å². The van der Waals surface area contributed by atoms with E-state index in [2.05, 4.69) is 4.98 Å². The molecule has 2 aliphatic rings. The molecular formula is C21H22Cl2N2O5S2. The summed E-state index contributed by atoms with van der Waals surface area (Å²) in [6.07, 6.45) is 3.14. The lowest BCUT2D eigenvalue weighted by molar-refractivity contribution is 0.501. The van der Waals surface area contributed by atoms with Crippen molar-refractivity contribution in [2.45, 2.75) is 31.4 Å². The van der Waals surface area contributed by atoms with Crippen LogP contribution in [0.1, 0.15) is 43.5 Å². The highest BCUT2D eigenvalue weighted by molar-refractivity contribution is 8.01. The Morgan fingerprint density at radius 1 is 1.22 bits per heavy atom. The van der Waals surface area contributed by atoms with Crippen molar-refractivity contribution in [1.82, 2.24) is 4.98 Å². The molecule has 0 spiro atoms. The van der Waals surface area contributed by atoms with E-state index in [1.54, 1.807) is 12.1 Å². The summed E-state index contributed by atoms with van der Waals surface area (Å²) in [7, 11) is -6.55. The van der Waals surface area contributed by atoms with Crippen LogP contribution < -0.4 is 4.31 Å². The molecule has 2 heterocycles. The van der Waals surface area contributed by atoms with Gasteiger partial charge in [-0.2, -0.15) is 0 Å². The first-order valence-electron chi connectivity index (χ1n) is 9.89. The Kier molecular flexibility index (Phi) is 5.56. The van der Waals surface area contributed by atoms with Crippen molar-refractivity contribution in [2.24, 2.45) is 5.92 Å². The van der Waals surface area contributed by atoms with Crippen LogP contribution in [0.3, 0.4) is 0 Å². The van der Waals surface area contributed by atoms with Gasteiger partial charge in [0.15, 0.2) is 15.6 Å². The number of anilines is 1. The molecule has 1 aliphatic heterocycles. The first kappa shape index (κ1) is 23.4. The number of nitrogens with zero attached hydrogens (tertiary/aromatic N) is 2. The summed E-state index contributed by atoms with van der Waals surface area (Å²) in [4.78, 5) is 3.76. The maximum Gasteiger partial charge on any atom is 0.235 e. The largest absolute Gasteiger partial charge is 0.504 e. The molecule has 0 radical (unpaired) electrons. The number of fused-ring (bicyclic) bond motifs is 1. The smallest absolute Gasteiger partial charge is 0.235 e. The number of benzene rings is 1. The van der Waals surface area contributed by atoms with Crippen LogP contribution >= 0.6 is 23.2 Å². The van der Waals surface area contributed by atoms with Crippen molar-refractivity contribution >= 4 is 59.4 Å². The van der Waals surface area contributed by atoms with Crippen LogP contribution in [0.15, 0.2) is 30.5 Å². The molecule has 0 saturated heterocycles. The third-order valence-electron chi connectivity index (χ3n) is 6.02. The maximum absolute atomic E-state index is 13.6. The van der Waals surface area contributed by atoms with Crippen LogP contribution in [-0.2, 0) is 24.6 Å². The predicted molar refractivity (Wildman–Crippen MR) is 127 cm³/mol. The van der Waals surface area contributed by atoms with Gasteiger partial charge in [-0.3, -0.25) is 9.29 Å². The van der Waals surface area contributed by atoms with E-state index in [1.165, 1.54) is 39.2 Å². The second-order valence-electron chi connectivity index (χ2n) is 8.54. The fourth-order valence-electron chi connectivity index (χ4n) is 3.83. The zero-order chi connectivity index (χ0) is 23.6. The Bertz CT molecular complexity index is 1360. The highest BCUT2D eigenvalue weighted by atomic mass is 35.5. The van der Waals surface area contributed by atoms with Gasteiger partial charge in [0, 0.05) is 24.4 Å². The number of pyridine rings is 1. The van der Waals surface area contributed by atoms with E-state index < -0.39 is 35.3 Å². The monoisotopic (exact) mass is 516 g/mol. The average molecular weight is 517 g/mol. The molecule has 0 atom stereocenters. The fraction of sp³-hybridized carbons (Fsp3) is 0.381. The lowest BCUT2D eigenvalue weighted by Gasteiger charge is -2.33. The molecular weight excluding hydrogens is 495 g/mol. The molecule has 1 aromatic carbocycles. The minimum atomic E-state index is -4.15. The van der Waals surface area contributed by atoms with Gasteiger partial charge in [0.2, 0.25) is 10.0 Å². The third-order valence-corrected chi connectivity index (χ3v) is 11.1. The summed E-state index contributed by atoms with van der Waals surface area (Å²) in [6, 6.07) is 5.93. The van der Waals surface area contributed by atoms with E-state index in [0.29, 0.717) is 5.56 Å². The van der Waals surface area contributed by atoms with Crippen molar-refractivity contribution in [3.05, 3.63) is 57.3 Å². The van der Waals surface area contributed by atoms with Crippen molar-refractivity contribution < 1.29 is 21.9 Å². The first-order valence-corrected chi connectivity index (χ1v) is 13.7. The van der Waals surface area contributed by atoms with Crippen LogP contribution in [0.2, 0.25) is 10.0 Å². The molecule has 2 aromatic rings. The highest BCUT2D eigenvalue weighted by Gasteiger charge is 2.48. The topological polar surface area (TPSA) is 105 Å². The van der Waals surface area contributed by atoms with Crippen molar-refractivity contribution in [3.8, 4) is 0 Å². The van der Waals surface area contributed by atoms with Crippen LogP contribution in [0.4, 0.5) is 5.69 Å². The third kappa shape index (κ3) is 3.50. The number of sulfonamides is 1. The molecule has 172 valence electrons. The van der Waals surface area contributed by atoms with Crippen LogP contribution in [0, 0.1) is 5.92 Å². The molecule has 1 aliphatic carbocycles. The highest BCUT2D eigenvalue weighted by Crippen LogP contribution is 2.50. The predicted octanol–water partition coefficient (Wildman–Crippen LogP) is 4.61. The van der Waals surface area contributed by atoms with Gasteiger partial charge in [-0.25, -0.2) is 16.8 Å². The summed E-state index contributed by atoms with van der Waals surface area (Å²) < 4.78 is 52.5. The minimum absolute atomic E-state index is 0.0355. The average Bonchev–Trinajstić information content (AvgIpc) is 3.52. The summed E-state index contributed by atoms with van der Waals surface area (Å²) >= 11 is 12.9. The van der Waals surface area contributed by atoms with E-state index in [9.17, 15) is 21.9 Å². The Morgan fingerprint density at radius 2 is 1.88 bits per heavy atom. The number of aliphatic hydroxyl groups is 1. The lowest BCUT2D eigenvalue weighted by Crippen LogP contribution is -2.35. The molecule has 32 heavy (non-hydrogen) atoms. The number of aromatic nitrogens is 1. The first-order chi connectivity index (χ1) is 14.8. The summed E-state index contributed by atoms with van der Waals surface area (Å²) in [5.74, 6) is -0.493.